The van der Waals surface area contributed by atoms with E-state index in [-0.39, 0.29) is 12.0 Å². The molecule has 2 rings (SSSR count). The van der Waals surface area contributed by atoms with Crippen molar-refractivity contribution in [3.63, 3.8) is 0 Å². The van der Waals surface area contributed by atoms with Crippen LogP contribution in [0.1, 0.15) is 30.9 Å². The molecule has 0 spiro atoms. The topological polar surface area (TPSA) is 26.0 Å². The Morgan fingerprint density at radius 2 is 1.93 bits per heavy atom. The molecule has 0 amide bonds. The molecule has 0 radical (unpaired) electrons. The Labute approximate surface area is 88.3 Å². The molecule has 1 aromatic carbocycles. The van der Waals surface area contributed by atoms with Crippen LogP contribution in [0, 0.1) is 0 Å². The zero-order chi connectivity index (χ0) is 11.1. The number of hydrogen-bond donors (Lipinski definition) is 1. The first-order valence-electron chi connectivity index (χ1n) is 5.16. The molecule has 1 aromatic rings. The van der Waals surface area contributed by atoms with Crippen LogP contribution in [-0.2, 0) is 12.0 Å². The van der Waals surface area contributed by atoms with Crippen molar-refractivity contribution in [2.75, 3.05) is 0 Å². The zero-order valence-electron chi connectivity index (χ0n) is 8.76. The summed E-state index contributed by atoms with van der Waals surface area (Å²) in [6.07, 6.45) is 1.58. The summed E-state index contributed by atoms with van der Waals surface area (Å²) in [6.45, 7) is 0.944. The molecule has 1 nitrogen and oxygen atoms in total. The summed E-state index contributed by atoms with van der Waals surface area (Å²) in [5, 5.41) is 0. The van der Waals surface area contributed by atoms with Crippen molar-refractivity contribution in [2.45, 2.75) is 37.6 Å². The van der Waals surface area contributed by atoms with Crippen molar-refractivity contribution in [2.24, 2.45) is 5.73 Å². The molecule has 2 N–H and O–H groups in total. The lowest BCUT2D eigenvalue weighted by Gasteiger charge is -2.17. The molecule has 1 aliphatic rings. The van der Waals surface area contributed by atoms with E-state index >= 15 is 0 Å². The van der Waals surface area contributed by atoms with E-state index in [2.05, 4.69) is 0 Å². The quantitative estimate of drug-likeness (QED) is 0.817. The third-order valence-electron chi connectivity index (χ3n) is 2.84. The number of hydrogen-bond acceptors (Lipinski definition) is 1. The summed E-state index contributed by atoms with van der Waals surface area (Å²) in [4.78, 5) is 0. The normalized spacial score (nSPS) is 18.9. The van der Waals surface area contributed by atoms with Crippen LogP contribution in [0.25, 0.3) is 0 Å². The lowest BCUT2D eigenvalue weighted by atomic mass is 9.95. The highest BCUT2D eigenvalue weighted by Crippen LogP contribution is 2.44. The van der Waals surface area contributed by atoms with E-state index in [1.165, 1.54) is 0 Å². The highest BCUT2D eigenvalue weighted by atomic mass is 19.3. The van der Waals surface area contributed by atoms with Crippen molar-refractivity contribution >= 4 is 0 Å². The van der Waals surface area contributed by atoms with E-state index < -0.39 is 5.92 Å². The average molecular weight is 211 g/mol. The van der Waals surface area contributed by atoms with E-state index in [4.69, 9.17) is 5.73 Å². The van der Waals surface area contributed by atoms with Crippen LogP contribution >= 0.6 is 0 Å². The molecule has 0 unspecified atom stereocenters. The molecular weight excluding hydrogens is 196 g/mol. The molecular formula is C12H15F2N. The molecule has 1 saturated carbocycles. The van der Waals surface area contributed by atoms with Crippen LogP contribution in [0.3, 0.4) is 0 Å². The molecule has 1 aliphatic carbocycles. The lowest BCUT2D eigenvalue weighted by molar-refractivity contribution is 0.0223. The monoisotopic (exact) mass is 211 g/mol. The number of rotatable bonds is 3. The zero-order valence-corrected chi connectivity index (χ0v) is 8.76. The standard InChI is InChI=1S/C12H15F2N/c1-11(13,14)8-9-4-2-3-5-10(9)12(15)6-7-12/h2-5H,6-8,15H2,1H3. The first-order valence-corrected chi connectivity index (χ1v) is 5.16. The summed E-state index contributed by atoms with van der Waals surface area (Å²) in [5.41, 5.74) is 7.29. The van der Waals surface area contributed by atoms with Gasteiger partial charge in [0.25, 0.3) is 0 Å². The molecule has 1 fully saturated rings. The summed E-state index contributed by atoms with van der Waals surface area (Å²) in [6, 6.07) is 7.27. The second-order valence-corrected chi connectivity index (χ2v) is 4.56. The van der Waals surface area contributed by atoms with Gasteiger partial charge in [0.2, 0.25) is 5.92 Å². The first-order chi connectivity index (χ1) is 6.91. The average Bonchev–Trinajstić information content (AvgIpc) is 2.83. The first kappa shape index (κ1) is 10.6. The molecule has 3 heteroatoms. The molecule has 0 aliphatic heterocycles. The summed E-state index contributed by atoms with van der Waals surface area (Å²) >= 11 is 0. The van der Waals surface area contributed by atoms with Gasteiger partial charge in [-0.15, -0.1) is 0 Å². The van der Waals surface area contributed by atoms with Crippen LogP contribution in [0.5, 0.6) is 0 Å². The van der Waals surface area contributed by atoms with Gasteiger partial charge in [0.15, 0.2) is 0 Å². The fourth-order valence-electron chi connectivity index (χ4n) is 1.90. The van der Waals surface area contributed by atoms with Gasteiger partial charge in [0, 0.05) is 12.0 Å². The van der Waals surface area contributed by atoms with Gasteiger partial charge >= 0.3 is 0 Å². The third kappa shape index (κ3) is 2.34. The molecule has 0 aromatic heterocycles. The fourth-order valence-corrected chi connectivity index (χ4v) is 1.90. The van der Waals surface area contributed by atoms with E-state index in [0.717, 1.165) is 25.3 Å². The van der Waals surface area contributed by atoms with Gasteiger partial charge < -0.3 is 5.73 Å². The van der Waals surface area contributed by atoms with Gasteiger partial charge in [-0.25, -0.2) is 8.78 Å². The Balaban J connectivity index is 2.31. The highest BCUT2D eigenvalue weighted by Gasteiger charge is 2.42. The number of alkyl halides is 2. The van der Waals surface area contributed by atoms with E-state index in [1.807, 2.05) is 12.1 Å². The van der Waals surface area contributed by atoms with Gasteiger partial charge in [-0.1, -0.05) is 24.3 Å². The van der Waals surface area contributed by atoms with E-state index in [0.29, 0.717) is 5.56 Å². The number of benzene rings is 1. The summed E-state index contributed by atoms with van der Waals surface area (Å²) in [5.74, 6) is -2.67. The maximum atomic E-state index is 13.0. The van der Waals surface area contributed by atoms with Crippen molar-refractivity contribution in [1.29, 1.82) is 0 Å². The molecule has 82 valence electrons. The van der Waals surface area contributed by atoms with Gasteiger partial charge in [-0.3, -0.25) is 0 Å². The smallest absolute Gasteiger partial charge is 0.249 e. The van der Waals surface area contributed by atoms with Crippen LogP contribution in [0.15, 0.2) is 24.3 Å². The Hall–Kier alpha value is -0.960. The van der Waals surface area contributed by atoms with E-state index in [9.17, 15) is 8.78 Å². The van der Waals surface area contributed by atoms with Gasteiger partial charge in [0.1, 0.15) is 0 Å². The Bertz CT molecular complexity index is 364. The summed E-state index contributed by atoms with van der Waals surface area (Å²) < 4.78 is 25.9. The maximum Gasteiger partial charge on any atom is 0.249 e. The largest absolute Gasteiger partial charge is 0.321 e. The van der Waals surface area contributed by atoms with Gasteiger partial charge in [-0.05, 0) is 30.9 Å². The van der Waals surface area contributed by atoms with Crippen molar-refractivity contribution in [3.8, 4) is 0 Å². The lowest BCUT2D eigenvalue weighted by Crippen LogP contribution is -2.23. The molecule has 0 atom stereocenters. The van der Waals surface area contributed by atoms with Crippen molar-refractivity contribution in [3.05, 3.63) is 35.4 Å². The van der Waals surface area contributed by atoms with Gasteiger partial charge in [-0.2, -0.15) is 0 Å². The molecule has 0 bridgehead atoms. The summed E-state index contributed by atoms with van der Waals surface area (Å²) in [7, 11) is 0. The van der Waals surface area contributed by atoms with Crippen LogP contribution < -0.4 is 5.73 Å². The second-order valence-electron chi connectivity index (χ2n) is 4.56. The fraction of sp³-hybridized carbons (Fsp3) is 0.500. The minimum Gasteiger partial charge on any atom is -0.321 e. The minimum absolute atomic E-state index is 0.220. The van der Waals surface area contributed by atoms with Crippen LogP contribution in [0.4, 0.5) is 8.78 Å². The number of nitrogens with two attached hydrogens (primary N) is 1. The number of halogens is 2. The van der Waals surface area contributed by atoms with Crippen molar-refractivity contribution < 1.29 is 8.78 Å². The molecule has 0 saturated heterocycles. The predicted molar refractivity (Wildman–Crippen MR) is 55.9 cm³/mol. The molecule has 0 heterocycles. The van der Waals surface area contributed by atoms with Crippen molar-refractivity contribution in [1.82, 2.24) is 0 Å². The van der Waals surface area contributed by atoms with Gasteiger partial charge in [0.05, 0.1) is 0 Å². The Morgan fingerprint density at radius 3 is 2.47 bits per heavy atom. The predicted octanol–water partition coefficient (Wildman–Crippen LogP) is 2.83. The minimum atomic E-state index is -2.67. The van der Waals surface area contributed by atoms with E-state index in [1.54, 1.807) is 12.1 Å². The molecule has 15 heavy (non-hydrogen) atoms. The van der Waals surface area contributed by atoms with Crippen LogP contribution in [0.2, 0.25) is 0 Å². The third-order valence-corrected chi connectivity index (χ3v) is 2.84. The highest BCUT2D eigenvalue weighted by molar-refractivity contribution is 5.37. The maximum absolute atomic E-state index is 13.0. The van der Waals surface area contributed by atoms with Crippen LogP contribution in [-0.4, -0.2) is 5.92 Å². The second kappa shape index (κ2) is 3.27. The Kier molecular flexibility index (Phi) is 2.30. The Morgan fingerprint density at radius 1 is 1.33 bits per heavy atom. The SMILES string of the molecule is CC(F)(F)Cc1ccccc1C1(N)CC1.